The van der Waals surface area contributed by atoms with E-state index >= 15 is 0 Å². The zero-order chi connectivity index (χ0) is 20.8. The molecule has 4 rings (SSSR count). The molecule has 0 bridgehead atoms. The summed E-state index contributed by atoms with van der Waals surface area (Å²) in [6.07, 6.45) is 6.24. The van der Waals surface area contributed by atoms with Crippen molar-refractivity contribution in [2.45, 2.75) is 13.0 Å². The van der Waals surface area contributed by atoms with E-state index in [1.165, 1.54) is 11.1 Å². The van der Waals surface area contributed by atoms with Gasteiger partial charge in [-0.2, -0.15) is 0 Å². The van der Waals surface area contributed by atoms with Gasteiger partial charge >= 0.3 is 0 Å². The number of benzene rings is 2. The second-order valence-corrected chi connectivity index (χ2v) is 7.64. The summed E-state index contributed by atoms with van der Waals surface area (Å²) in [5, 5.41) is 0. The molecule has 1 saturated heterocycles. The van der Waals surface area contributed by atoms with Crippen molar-refractivity contribution in [3.8, 4) is 11.5 Å². The molecule has 0 aliphatic carbocycles. The van der Waals surface area contributed by atoms with Crippen molar-refractivity contribution >= 4 is 12.0 Å². The Morgan fingerprint density at radius 1 is 1.10 bits per heavy atom. The summed E-state index contributed by atoms with van der Waals surface area (Å²) in [6.45, 7) is 9.13. The minimum atomic E-state index is 0.0660. The van der Waals surface area contributed by atoms with Crippen molar-refractivity contribution in [2.24, 2.45) is 0 Å². The van der Waals surface area contributed by atoms with Crippen LogP contribution < -0.4 is 9.47 Å². The van der Waals surface area contributed by atoms with Gasteiger partial charge in [-0.1, -0.05) is 36.9 Å². The molecule has 1 amide bonds. The lowest BCUT2D eigenvalue weighted by Gasteiger charge is -2.34. The topological polar surface area (TPSA) is 42.0 Å². The lowest BCUT2D eigenvalue weighted by atomic mass is 10.1. The van der Waals surface area contributed by atoms with E-state index in [4.69, 9.17) is 9.47 Å². The van der Waals surface area contributed by atoms with Gasteiger partial charge in [0, 0.05) is 45.2 Å². The zero-order valence-electron chi connectivity index (χ0n) is 17.3. The maximum atomic E-state index is 12.5. The van der Waals surface area contributed by atoms with Crippen LogP contribution in [-0.2, 0) is 17.8 Å². The molecule has 156 valence electrons. The zero-order valence-corrected chi connectivity index (χ0v) is 17.3. The van der Waals surface area contributed by atoms with Crippen LogP contribution in [0, 0.1) is 0 Å². The first-order chi connectivity index (χ1) is 14.7. The van der Waals surface area contributed by atoms with E-state index in [0.717, 1.165) is 62.8 Å². The molecular formula is C25H28N2O3. The molecule has 2 aromatic carbocycles. The highest BCUT2D eigenvalue weighted by molar-refractivity contribution is 5.91. The Balaban J connectivity index is 1.25. The van der Waals surface area contributed by atoms with Crippen molar-refractivity contribution in [1.82, 2.24) is 9.80 Å². The van der Waals surface area contributed by atoms with Crippen molar-refractivity contribution in [2.75, 3.05) is 39.4 Å². The number of carbonyl (C=O) groups excluding carboxylic acids is 1. The number of nitrogens with zero attached hydrogens (tertiary/aromatic N) is 2. The fourth-order valence-electron chi connectivity index (χ4n) is 3.83. The molecule has 5 heteroatoms. The molecule has 0 aromatic heterocycles. The van der Waals surface area contributed by atoms with Gasteiger partial charge in [0.2, 0.25) is 5.91 Å². The standard InChI is InChI=1S/C25H28N2O3/c1-2-16-29-23-7-3-20(4-8-23)6-10-25(28)27-14-12-26(13-15-27)19-21-5-9-24-22(18-21)11-17-30-24/h2-10,18H,1,11-17,19H2/b10-6+. The van der Waals surface area contributed by atoms with Gasteiger partial charge in [0.1, 0.15) is 18.1 Å². The monoisotopic (exact) mass is 404 g/mol. The Kier molecular flexibility index (Phi) is 6.50. The summed E-state index contributed by atoms with van der Waals surface area (Å²) < 4.78 is 11.1. The van der Waals surface area contributed by atoms with E-state index in [2.05, 4.69) is 29.7 Å². The van der Waals surface area contributed by atoms with Crippen LogP contribution in [-0.4, -0.2) is 55.1 Å². The second-order valence-electron chi connectivity index (χ2n) is 7.64. The Hall–Kier alpha value is -3.05. The number of rotatable bonds is 7. The highest BCUT2D eigenvalue weighted by atomic mass is 16.5. The number of carbonyl (C=O) groups is 1. The molecule has 0 unspecified atom stereocenters. The normalized spacial score (nSPS) is 16.3. The number of piperazine rings is 1. The summed E-state index contributed by atoms with van der Waals surface area (Å²) in [6, 6.07) is 14.2. The predicted octanol–water partition coefficient (Wildman–Crippen LogP) is 3.54. The molecule has 2 aromatic rings. The van der Waals surface area contributed by atoms with Gasteiger partial charge in [-0.15, -0.1) is 0 Å². The molecule has 30 heavy (non-hydrogen) atoms. The molecule has 1 fully saturated rings. The molecule has 0 atom stereocenters. The quantitative estimate of drug-likeness (QED) is 0.523. The van der Waals surface area contributed by atoms with Gasteiger partial charge in [0.05, 0.1) is 6.61 Å². The predicted molar refractivity (Wildman–Crippen MR) is 119 cm³/mol. The van der Waals surface area contributed by atoms with E-state index in [9.17, 15) is 4.79 Å². The third-order valence-corrected chi connectivity index (χ3v) is 5.51. The highest BCUT2D eigenvalue weighted by Gasteiger charge is 2.20. The van der Waals surface area contributed by atoms with Crippen molar-refractivity contribution in [3.63, 3.8) is 0 Å². The van der Waals surface area contributed by atoms with Crippen molar-refractivity contribution < 1.29 is 14.3 Å². The SMILES string of the molecule is C=CCOc1ccc(/C=C/C(=O)N2CCN(Cc3ccc4c(c3)CCO4)CC2)cc1. The molecule has 2 aliphatic heterocycles. The van der Waals surface area contributed by atoms with Crippen LogP contribution in [0.4, 0.5) is 0 Å². The van der Waals surface area contributed by atoms with E-state index < -0.39 is 0 Å². The number of fused-ring (bicyclic) bond motifs is 1. The largest absolute Gasteiger partial charge is 0.493 e. The molecule has 2 aliphatic rings. The lowest BCUT2D eigenvalue weighted by Crippen LogP contribution is -2.47. The van der Waals surface area contributed by atoms with Crippen molar-refractivity contribution in [1.29, 1.82) is 0 Å². The lowest BCUT2D eigenvalue weighted by molar-refractivity contribution is -0.127. The molecule has 5 nitrogen and oxygen atoms in total. The van der Waals surface area contributed by atoms with E-state index in [1.807, 2.05) is 35.2 Å². The van der Waals surface area contributed by atoms with Crippen LogP contribution in [0.3, 0.4) is 0 Å². The molecule has 0 spiro atoms. The Bertz CT molecular complexity index is 912. The van der Waals surface area contributed by atoms with Gasteiger partial charge < -0.3 is 14.4 Å². The number of ether oxygens (including phenoxy) is 2. The maximum absolute atomic E-state index is 12.5. The minimum Gasteiger partial charge on any atom is -0.493 e. The second kappa shape index (κ2) is 9.63. The summed E-state index contributed by atoms with van der Waals surface area (Å²) in [4.78, 5) is 16.9. The third-order valence-electron chi connectivity index (χ3n) is 5.51. The van der Waals surface area contributed by atoms with Gasteiger partial charge in [-0.05, 0) is 41.0 Å². The molecule has 0 saturated carbocycles. The fourth-order valence-corrected chi connectivity index (χ4v) is 3.83. The summed E-state index contributed by atoms with van der Waals surface area (Å²) in [7, 11) is 0. The van der Waals surface area contributed by atoms with Crippen LogP contribution in [0.25, 0.3) is 6.08 Å². The molecule has 0 N–H and O–H groups in total. The average Bonchev–Trinajstić information content (AvgIpc) is 3.25. The molecular weight excluding hydrogens is 376 g/mol. The van der Waals surface area contributed by atoms with Gasteiger partial charge in [0.15, 0.2) is 0 Å². The summed E-state index contributed by atoms with van der Waals surface area (Å²) in [5.41, 5.74) is 3.61. The van der Waals surface area contributed by atoms with E-state index in [0.29, 0.717) is 6.61 Å². The van der Waals surface area contributed by atoms with Crippen molar-refractivity contribution in [3.05, 3.63) is 77.9 Å². The Morgan fingerprint density at radius 2 is 1.90 bits per heavy atom. The maximum Gasteiger partial charge on any atom is 0.246 e. The summed E-state index contributed by atoms with van der Waals surface area (Å²) >= 11 is 0. The third kappa shape index (κ3) is 5.10. The van der Waals surface area contributed by atoms with Gasteiger partial charge in [0.25, 0.3) is 0 Å². The van der Waals surface area contributed by atoms with Crippen LogP contribution >= 0.6 is 0 Å². The molecule has 2 heterocycles. The van der Waals surface area contributed by atoms with Crippen LogP contribution in [0.5, 0.6) is 11.5 Å². The first-order valence-electron chi connectivity index (χ1n) is 10.5. The minimum absolute atomic E-state index is 0.0660. The summed E-state index contributed by atoms with van der Waals surface area (Å²) in [5.74, 6) is 1.89. The Morgan fingerprint density at radius 3 is 2.67 bits per heavy atom. The number of hydrogen-bond donors (Lipinski definition) is 0. The van der Waals surface area contributed by atoms with Crippen LogP contribution in [0.15, 0.2) is 61.2 Å². The van der Waals surface area contributed by atoms with Gasteiger partial charge in [-0.25, -0.2) is 0 Å². The highest BCUT2D eigenvalue weighted by Crippen LogP contribution is 2.26. The van der Waals surface area contributed by atoms with E-state index in [1.54, 1.807) is 12.2 Å². The first-order valence-corrected chi connectivity index (χ1v) is 10.5. The van der Waals surface area contributed by atoms with Crippen LogP contribution in [0.2, 0.25) is 0 Å². The smallest absolute Gasteiger partial charge is 0.246 e. The first kappa shape index (κ1) is 20.2. The van der Waals surface area contributed by atoms with E-state index in [-0.39, 0.29) is 5.91 Å². The fraction of sp³-hybridized carbons (Fsp3) is 0.320. The number of hydrogen-bond acceptors (Lipinski definition) is 4. The average molecular weight is 405 g/mol. The van der Waals surface area contributed by atoms with Crippen LogP contribution in [0.1, 0.15) is 16.7 Å². The van der Waals surface area contributed by atoms with Gasteiger partial charge in [-0.3, -0.25) is 9.69 Å². The molecule has 0 radical (unpaired) electrons. The number of amides is 1. The Labute approximate surface area is 178 Å².